The van der Waals surface area contributed by atoms with Crippen molar-refractivity contribution in [2.24, 2.45) is 0 Å². The first-order chi connectivity index (χ1) is 15.3. The third kappa shape index (κ3) is 3.98. The van der Waals surface area contributed by atoms with E-state index in [1.165, 1.54) is 14.2 Å². The topological polar surface area (TPSA) is 78.0 Å². The summed E-state index contributed by atoms with van der Waals surface area (Å²) in [5.74, 6) is -1.14. The first-order valence-corrected chi connectivity index (χ1v) is 11.1. The number of aromatic nitrogens is 1. The molecule has 1 aliphatic heterocycles. The second kappa shape index (κ2) is 8.71. The molecule has 0 fully saturated rings. The molecule has 10 heteroatoms. The smallest absolute Gasteiger partial charge is 0.249 e. The van der Waals surface area contributed by atoms with Crippen LogP contribution in [0.1, 0.15) is 5.56 Å². The van der Waals surface area contributed by atoms with Crippen molar-refractivity contribution in [1.29, 1.82) is 0 Å². The summed E-state index contributed by atoms with van der Waals surface area (Å²) >= 11 is 0. The fourth-order valence-corrected chi connectivity index (χ4v) is 5.02. The molecule has 0 spiro atoms. The van der Waals surface area contributed by atoms with Gasteiger partial charge >= 0.3 is 0 Å². The van der Waals surface area contributed by atoms with Gasteiger partial charge in [0.1, 0.15) is 18.2 Å². The quantitative estimate of drug-likeness (QED) is 0.576. The lowest BCUT2D eigenvalue weighted by Crippen LogP contribution is -2.33. The second-order valence-corrected chi connectivity index (χ2v) is 8.84. The van der Waals surface area contributed by atoms with Crippen molar-refractivity contribution >= 4 is 10.0 Å². The predicted molar refractivity (Wildman–Crippen MR) is 112 cm³/mol. The molecule has 0 atom stereocenters. The Bertz CT molecular complexity index is 1250. The molecule has 32 heavy (non-hydrogen) atoms. The highest BCUT2D eigenvalue weighted by molar-refractivity contribution is 7.89. The largest absolute Gasteiger partial charge is 0.493 e. The number of nitrogens with zero attached hydrogens (tertiary/aromatic N) is 2. The van der Waals surface area contributed by atoms with Gasteiger partial charge in [0.05, 0.1) is 19.9 Å². The van der Waals surface area contributed by atoms with Crippen LogP contribution in [-0.2, 0) is 16.6 Å². The predicted octanol–water partition coefficient (Wildman–Crippen LogP) is 3.63. The Balaban J connectivity index is 1.79. The minimum Gasteiger partial charge on any atom is -0.493 e. The Morgan fingerprint density at radius 1 is 1.03 bits per heavy atom. The molecule has 1 aliphatic rings. The Kier molecular flexibility index (Phi) is 5.98. The van der Waals surface area contributed by atoms with Gasteiger partial charge in [-0.15, -0.1) is 0 Å². The molecule has 1 aromatic heterocycles. The molecule has 0 saturated carbocycles. The molecule has 0 bridgehead atoms. The van der Waals surface area contributed by atoms with E-state index in [0.717, 1.165) is 22.5 Å². The number of methoxy groups -OCH3 is 2. The number of fused-ring (bicyclic) bond motifs is 1. The van der Waals surface area contributed by atoms with Crippen molar-refractivity contribution in [3.05, 3.63) is 65.7 Å². The van der Waals surface area contributed by atoms with Crippen LogP contribution < -0.4 is 14.2 Å². The lowest BCUT2D eigenvalue weighted by atomic mass is 10.1. The third-order valence-corrected chi connectivity index (χ3v) is 6.93. The van der Waals surface area contributed by atoms with Gasteiger partial charge < -0.3 is 14.2 Å². The fraction of sp³-hybridized carbons (Fsp3) is 0.227. The standard InChI is InChI=1S/C22H20F2N2O5S/c1-29-19-12-14(18-7-4-8-20(25-18)30-2)11-15-13-26(9-10-31-21(15)19)32(27,28)22-16(23)5-3-6-17(22)24/h3-8,11-12H,9-10,13H2,1-2H3. The number of ether oxygens (including phenoxy) is 3. The number of benzene rings is 2. The summed E-state index contributed by atoms with van der Waals surface area (Å²) < 4.78 is 72.1. The number of hydrogen-bond donors (Lipinski definition) is 0. The van der Waals surface area contributed by atoms with Crippen LogP contribution in [0.25, 0.3) is 11.3 Å². The monoisotopic (exact) mass is 462 g/mol. The minimum atomic E-state index is -4.47. The van der Waals surface area contributed by atoms with Crippen molar-refractivity contribution in [1.82, 2.24) is 9.29 Å². The third-order valence-electron chi connectivity index (χ3n) is 5.03. The summed E-state index contributed by atoms with van der Waals surface area (Å²) in [6, 6.07) is 11.6. The molecule has 2 heterocycles. The van der Waals surface area contributed by atoms with Crippen molar-refractivity contribution in [3.8, 4) is 28.6 Å². The number of halogens is 2. The maximum atomic E-state index is 14.3. The highest BCUT2D eigenvalue weighted by Gasteiger charge is 2.33. The molecule has 0 saturated heterocycles. The van der Waals surface area contributed by atoms with Gasteiger partial charge in [-0.3, -0.25) is 0 Å². The number of rotatable bonds is 5. The first kappa shape index (κ1) is 22.0. The van der Waals surface area contributed by atoms with E-state index in [9.17, 15) is 17.2 Å². The summed E-state index contributed by atoms with van der Waals surface area (Å²) in [5, 5.41) is 0. The molecule has 0 aliphatic carbocycles. The van der Waals surface area contributed by atoms with Crippen LogP contribution in [0.2, 0.25) is 0 Å². The van der Waals surface area contributed by atoms with E-state index in [-0.39, 0.29) is 19.7 Å². The van der Waals surface area contributed by atoms with E-state index in [4.69, 9.17) is 14.2 Å². The average Bonchev–Trinajstić information content (AvgIpc) is 3.01. The summed E-state index contributed by atoms with van der Waals surface area (Å²) in [7, 11) is -1.50. The van der Waals surface area contributed by atoms with Crippen molar-refractivity contribution < 1.29 is 31.4 Å². The molecular weight excluding hydrogens is 442 g/mol. The van der Waals surface area contributed by atoms with Gasteiger partial charge in [0.25, 0.3) is 0 Å². The zero-order valence-electron chi connectivity index (χ0n) is 17.3. The molecule has 3 aromatic rings. The van der Waals surface area contributed by atoms with Crippen molar-refractivity contribution in [2.45, 2.75) is 11.4 Å². The van der Waals surface area contributed by atoms with E-state index in [0.29, 0.717) is 34.2 Å². The number of hydrogen-bond acceptors (Lipinski definition) is 6. The maximum absolute atomic E-state index is 14.3. The Morgan fingerprint density at radius 3 is 2.44 bits per heavy atom. The molecule has 0 N–H and O–H groups in total. The zero-order chi connectivity index (χ0) is 22.9. The molecule has 2 aromatic carbocycles. The van der Waals surface area contributed by atoms with Crippen LogP contribution >= 0.6 is 0 Å². The Labute approximate surface area is 184 Å². The van der Waals surface area contributed by atoms with Gasteiger partial charge in [0.15, 0.2) is 16.4 Å². The van der Waals surface area contributed by atoms with Crippen LogP contribution in [0.15, 0.2) is 53.4 Å². The second-order valence-electron chi connectivity index (χ2n) is 6.97. The molecule has 0 unspecified atom stereocenters. The lowest BCUT2D eigenvalue weighted by molar-refractivity contribution is 0.279. The number of pyridine rings is 1. The van der Waals surface area contributed by atoms with E-state index < -0.39 is 26.6 Å². The summed E-state index contributed by atoms with van der Waals surface area (Å²) in [5.41, 5.74) is 1.69. The normalized spacial score (nSPS) is 14.2. The maximum Gasteiger partial charge on any atom is 0.249 e. The molecular formula is C22H20F2N2O5S. The van der Waals surface area contributed by atoms with Gasteiger partial charge in [0.2, 0.25) is 15.9 Å². The van der Waals surface area contributed by atoms with E-state index in [2.05, 4.69) is 4.98 Å². The van der Waals surface area contributed by atoms with Crippen LogP contribution in [-0.4, -0.2) is 45.1 Å². The fourth-order valence-electron chi connectivity index (χ4n) is 3.51. The Morgan fingerprint density at radius 2 is 1.75 bits per heavy atom. The zero-order valence-corrected chi connectivity index (χ0v) is 18.2. The van der Waals surface area contributed by atoms with Crippen LogP contribution in [0, 0.1) is 11.6 Å². The van der Waals surface area contributed by atoms with Crippen LogP contribution in [0.4, 0.5) is 8.78 Å². The molecule has 0 radical (unpaired) electrons. The molecule has 168 valence electrons. The molecule has 7 nitrogen and oxygen atoms in total. The van der Waals surface area contributed by atoms with Gasteiger partial charge in [-0.25, -0.2) is 22.2 Å². The highest BCUT2D eigenvalue weighted by atomic mass is 32.2. The van der Waals surface area contributed by atoms with Crippen molar-refractivity contribution in [3.63, 3.8) is 0 Å². The summed E-state index contributed by atoms with van der Waals surface area (Å²) in [6.45, 7) is -0.282. The summed E-state index contributed by atoms with van der Waals surface area (Å²) in [6.07, 6.45) is 0. The van der Waals surface area contributed by atoms with Gasteiger partial charge in [0, 0.05) is 30.3 Å². The van der Waals surface area contributed by atoms with Crippen LogP contribution in [0.5, 0.6) is 17.4 Å². The van der Waals surface area contributed by atoms with Gasteiger partial charge in [-0.1, -0.05) is 12.1 Å². The van der Waals surface area contributed by atoms with Gasteiger partial charge in [-0.05, 0) is 30.3 Å². The number of sulfonamides is 1. The molecule has 0 amide bonds. The highest BCUT2D eigenvalue weighted by Crippen LogP contribution is 2.39. The lowest BCUT2D eigenvalue weighted by Gasteiger charge is -2.20. The summed E-state index contributed by atoms with van der Waals surface area (Å²) in [4.78, 5) is 3.41. The van der Waals surface area contributed by atoms with E-state index >= 15 is 0 Å². The first-order valence-electron chi connectivity index (χ1n) is 9.64. The Hall–Kier alpha value is -3.24. The van der Waals surface area contributed by atoms with Crippen molar-refractivity contribution in [2.75, 3.05) is 27.4 Å². The van der Waals surface area contributed by atoms with E-state index in [1.54, 1.807) is 30.3 Å². The van der Waals surface area contributed by atoms with Gasteiger partial charge in [-0.2, -0.15) is 4.31 Å². The average molecular weight is 462 g/mol. The van der Waals surface area contributed by atoms with E-state index in [1.807, 2.05) is 0 Å². The SMILES string of the molecule is COc1cccc(-c2cc3c(c(OC)c2)OCCN(S(=O)(=O)c2c(F)cccc2F)C3)n1. The molecule has 4 rings (SSSR count). The van der Waals surface area contributed by atoms with Crippen LogP contribution in [0.3, 0.4) is 0 Å². The minimum absolute atomic E-state index is 0.0184.